The zero-order valence-electron chi connectivity index (χ0n) is 14.5. The molecule has 0 N–H and O–H groups in total. The van der Waals surface area contributed by atoms with E-state index in [1.165, 1.54) is 21.5 Å². The molecule has 4 aromatic carbocycles. The van der Waals surface area contributed by atoms with Gasteiger partial charge in [-0.2, -0.15) is 0 Å². The van der Waals surface area contributed by atoms with Gasteiger partial charge in [-0.05, 0) is 21.5 Å². The molecule has 130 valence electrons. The fourth-order valence-electron chi connectivity index (χ4n) is 3.46. The molecule has 0 aliphatic carbocycles. The van der Waals surface area contributed by atoms with E-state index in [0.29, 0.717) is 0 Å². The van der Waals surface area contributed by atoms with Crippen LogP contribution in [-0.2, 0) is 0 Å². The molecule has 0 fully saturated rings. The second kappa shape index (κ2) is 7.60. The van der Waals surface area contributed by atoms with Gasteiger partial charge in [0, 0.05) is 29.2 Å². The summed E-state index contributed by atoms with van der Waals surface area (Å²) in [4.78, 5) is 9.03. The van der Waals surface area contributed by atoms with Crippen molar-refractivity contribution >= 4 is 43.6 Å². The van der Waals surface area contributed by atoms with Crippen molar-refractivity contribution in [3.05, 3.63) is 97.1 Å². The monoisotopic (exact) mass is 570 g/mol. The molecule has 0 saturated carbocycles. The largest absolute Gasteiger partial charge is 0.657 e. The number of benzene rings is 4. The topological polar surface area (TPSA) is 28.2 Å². The zero-order chi connectivity index (χ0) is 17.3. The molecule has 0 radical (unpaired) electrons. The van der Waals surface area contributed by atoms with Gasteiger partial charge in [0.1, 0.15) is 0 Å². The maximum atomic E-state index is 4.52. The molecule has 2 nitrogen and oxygen atoms in total. The second-order valence-corrected chi connectivity index (χ2v) is 6.29. The van der Waals surface area contributed by atoms with E-state index >= 15 is 0 Å². The standard InChI is InChI=1S/2C12H8N.Pu/c2*1-3-7-11-9(5-1)10-6-2-4-8-12(10)13-11;/h2*1-8H;/q2*-1;. The Balaban J connectivity index is 0.000000129. The molecule has 27 heavy (non-hydrogen) atoms. The first kappa shape index (κ1) is 17.9. The number of hydrogen-bond acceptors (Lipinski definition) is 0. The Morgan fingerprint density at radius 2 is 0.556 bits per heavy atom. The summed E-state index contributed by atoms with van der Waals surface area (Å²) in [6.45, 7) is 0. The smallest absolute Gasteiger partial charge is 0 e. The molecule has 0 aliphatic heterocycles. The van der Waals surface area contributed by atoms with Crippen LogP contribution in [0.3, 0.4) is 0 Å². The Labute approximate surface area is 179 Å². The first-order valence-corrected chi connectivity index (χ1v) is 8.70. The number of rotatable bonds is 0. The second-order valence-electron chi connectivity index (χ2n) is 6.29. The Morgan fingerprint density at radius 1 is 0.333 bits per heavy atom. The van der Waals surface area contributed by atoms with E-state index in [1.54, 1.807) is 0 Å². The molecule has 6 aromatic rings. The van der Waals surface area contributed by atoms with Crippen molar-refractivity contribution in [1.29, 1.82) is 0 Å². The molecule has 2 aromatic heterocycles. The summed E-state index contributed by atoms with van der Waals surface area (Å²) in [6, 6.07) is 33.0. The first-order valence-electron chi connectivity index (χ1n) is 8.70. The van der Waals surface area contributed by atoms with Gasteiger partial charge in [0.05, 0.1) is 0 Å². The molecule has 6 rings (SSSR count). The van der Waals surface area contributed by atoms with Crippen LogP contribution < -0.4 is 9.97 Å². The zero-order valence-corrected chi connectivity index (χ0v) is 17.9. The molecule has 0 aliphatic rings. The SMILES string of the molecule is [Pu].c1ccc2c(c1)[n-]c1ccccc12.c1ccc2c(c1)[n-]c1ccccc12. The molecule has 3 heteroatoms. The fourth-order valence-corrected chi connectivity index (χ4v) is 3.46. The van der Waals surface area contributed by atoms with Gasteiger partial charge in [-0.3, -0.25) is 0 Å². The Morgan fingerprint density at radius 3 is 0.815 bits per heavy atom. The summed E-state index contributed by atoms with van der Waals surface area (Å²) in [5.74, 6) is 0. The molecular weight excluding hydrogens is 560 g/mol. The molecule has 0 atom stereocenters. The molecule has 2 heterocycles. The molecular formula is C24H16N2Pu-2. The first-order chi connectivity index (χ1) is 12.9. The van der Waals surface area contributed by atoms with Crippen molar-refractivity contribution in [2.75, 3.05) is 0 Å². The van der Waals surface area contributed by atoms with E-state index in [2.05, 4.69) is 82.8 Å². The molecule has 0 amide bonds. The summed E-state index contributed by atoms with van der Waals surface area (Å²) in [7, 11) is 0. The van der Waals surface area contributed by atoms with Crippen LogP contribution in [0.2, 0.25) is 0 Å². The van der Waals surface area contributed by atoms with Gasteiger partial charge >= 0.3 is 0 Å². The van der Waals surface area contributed by atoms with Gasteiger partial charge in [-0.1, -0.05) is 97.1 Å². The van der Waals surface area contributed by atoms with Crippen LogP contribution in [0, 0.1) is 29.2 Å². The van der Waals surface area contributed by atoms with Gasteiger partial charge in [0.15, 0.2) is 0 Å². The van der Waals surface area contributed by atoms with Crippen LogP contribution in [0.4, 0.5) is 0 Å². The average molecular weight is 576 g/mol. The van der Waals surface area contributed by atoms with Crippen LogP contribution in [0.1, 0.15) is 0 Å². The third-order valence-corrected chi connectivity index (χ3v) is 4.68. The Hall–Kier alpha value is -2.53. The quantitative estimate of drug-likeness (QED) is 0.225. The summed E-state index contributed by atoms with van der Waals surface area (Å²) in [6.07, 6.45) is 0. The minimum atomic E-state index is 0. The van der Waals surface area contributed by atoms with Crippen molar-refractivity contribution in [2.24, 2.45) is 0 Å². The maximum Gasteiger partial charge on any atom is 0 e. The van der Waals surface area contributed by atoms with Crippen molar-refractivity contribution in [3.63, 3.8) is 0 Å². The van der Waals surface area contributed by atoms with E-state index in [1.807, 2.05) is 24.3 Å². The van der Waals surface area contributed by atoms with Gasteiger partial charge in [0.2, 0.25) is 0 Å². The average Bonchev–Trinajstić information content (AvgIpc) is 3.27. The van der Waals surface area contributed by atoms with Gasteiger partial charge < -0.3 is 9.97 Å². The maximum absolute atomic E-state index is 4.52. The molecule has 0 unspecified atom stereocenters. The third-order valence-electron chi connectivity index (χ3n) is 4.68. The van der Waals surface area contributed by atoms with Gasteiger partial charge in [-0.15, -0.1) is 22.1 Å². The van der Waals surface area contributed by atoms with Gasteiger partial charge in [0.25, 0.3) is 0 Å². The van der Waals surface area contributed by atoms with Crippen molar-refractivity contribution < 1.29 is 29.2 Å². The van der Waals surface area contributed by atoms with Crippen molar-refractivity contribution in [3.8, 4) is 0 Å². The Kier molecular flexibility index (Phi) is 5.03. The predicted octanol–water partition coefficient (Wildman–Crippen LogP) is 5.90. The number of fused-ring (bicyclic) bond motifs is 6. The van der Waals surface area contributed by atoms with Crippen LogP contribution in [0.5, 0.6) is 0 Å². The van der Waals surface area contributed by atoms with Crippen LogP contribution in [0.25, 0.3) is 43.6 Å². The molecule has 0 spiro atoms. The normalized spacial score (nSPS) is 10.7. The van der Waals surface area contributed by atoms with Gasteiger partial charge in [-0.25, -0.2) is 0 Å². The minimum absolute atomic E-state index is 0. The van der Waals surface area contributed by atoms with Crippen molar-refractivity contribution in [2.45, 2.75) is 0 Å². The summed E-state index contributed by atoms with van der Waals surface area (Å²) >= 11 is 0. The number of nitrogens with zero attached hydrogens (tertiary/aromatic N) is 2. The van der Waals surface area contributed by atoms with Crippen LogP contribution in [0.15, 0.2) is 97.1 Å². The summed E-state index contributed by atoms with van der Waals surface area (Å²) < 4.78 is 0. The van der Waals surface area contributed by atoms with E-state index in [-0.39, 0.29) is 29.2 Å². The molecule has 0 bridgehead atoms. The summed E-state index contributed by atoms with van der Waals surface area (Å²) in [5.41, 5.74) is 4.35. The minimum Gasteiger partial charge on any atom is -0.657 e. The number of hydrogen-bond donors (Lipinski definition) is 0. The van der Waals surface area contributed by atoms with E-state index in [4.69, 9.17) is 0 Å². The van der Waals surface area contributed by atoms with E-state index < -0.39 is 0 Å². The van der Waals surface area contributed by atoms with E-state index in [9.17, 15) is 0 Å². The number of para-hydroxylation sites is 4. The van der Waals surface area contributed by atoms with Crippen LogP contribution >= 0.6 is 0 Å². The van der Waals surface area contributed by atoms with Crippen LogP contribution in [-0.4, -0.2) is 0 Å². The molecule has 0 saturated heterocycles. The number of aromatic nitrogens is 2. The Bertz CT molecular complexity index is 1140. The predicted molar refractivity (Wildman–Crippen MR) is 110 cm³/mol. The van der Waals surface area contributed by atoms with Crippen molar-refractivity contribution in [1.82, 2.24) is 9.97 Å². The van der Waals surface area contributed by atoms with E-state index in [0.717, 1.165) is 22.1 Å². The fraction of sp³-hybridized carbons (Fsp3) is 0. The summed E-state index contributed by atoms with van der Waals surface area (Å²) in [5, 5.41) is 4.99. The third kappa shape index (κ3) is 3.27.